The number of carbonyl (C=O) groups is 3. The molecule has 3 N–H and O–H groups in total. The second-order valence-corrected chi connectivity index (χ2v) is 15.8. The molecule has 216 valence electrons. The second kappa shape index (κ2) is 19.1. The van der Waals surface area contributed by atoms with Crippen LogP contribution < -0.4 is 5.32 Å². The maximum atomic E-state index is 12.3. The van der Waals surface area contributed by atoms with Crippen LogP contribution in [0.25, 0.3) is 0 Å². The zero-order chi connectivity index (χ0) is 27.7. The number of amides is 1. The number of hydrogen-bond acceptors (Lipinski definition) is 7. The maximum absolute atomic E-state index is 12.3. The van der Waals surface area contributed by atoms with Crippen LogP contribution in [0.4, 0.5) is 0 Å². The monoisotopic (exact) mass is 545 g/mol. The number of hydrogen-bond donors (Lipinski definition) is 3. The summed E-state index contributed by atoms with van der Waals surface area (Å²) in [6.45, 7) is 7.10. The van der Waals surface area contributed by atoms with Crippen LogP contribution in [0.3, 0.4) is 0 Å². The molecule has 1 rings (SSSR count). The number of carbonyl (C=O) groups excluding carboxylic acids is 3. The van der Waals surface area contributed by atoms with E-state index in [2.05, 4.69) is 26.1 Å². The summed E-state index contributed by atoms with van der Waals surface area (Å²) in [5, 5.41) is 22.4. The summed E-state index contributed by atoms with van der Waals surface area (Å²) in [5.74, 6) is -0.919. The van der Waals surface area contributed by atoms with Crippen LogP contribution in [0, 0.1) is 0 Å². The zero-order valence-corrected chi connectivity index (χ0v) is 24.8. The molecule has 4 atom stereocenters. The first-order valence-electron chi connectivity index (χ1n) is 14.6. The first kappa shape index (κ1) is 34.0. The fourth-order valence-electron chi connectivity index (χ4n) is 5.23. The molecule has 1 aliphatic rings. The first-order chi connectivity index (χ1) is 17.7. The van der Waals surface area contributed by atoms with Gasteiger partial charge in [-0.3, -0.25) is 0 Å². The average molecular weight is 546 g/mol. The third kappa shape index (κ3) is 13.1. The first-order valence-corrected chi connectivity index (χ1v) is 17.5. The SMILES string of the molecule is B[C@@H]1O[C@H](CO)C(OC(=O)CCC(=O)CCC(=O)NCCC[PH](CCCC)(CCCC)CCCC)[C@@H]1O. The molecule has 1 fully saturated rings. The quantitative estimate of drug-likeness (QED) is 0.0877. The Morgan fingerprint density at radius 1 is 0.892 bits per heavy atom. The van der Waals surface area contributed by atoms with Crippen LogP contribution in [0.15, 0.2) is 0 Å². The van der Waals surface area contributed by atoms with Crippen LogP contribution in [-0.4, -0.2) is 97.8 Å². The van der Waals surface area contributed by atoms with E-state index in [0.717, 1.165) is 6.42 Å². The van der Waals surface area contributed by atoms with Crippen molar-refractivity contribution in [3.05, 3.63) is 0 Å². The van der Waals surface area contributed by atoms with E-state index in [1.165, 1.54) is 63.2 Å². The van der Waals surface area contributed by atoms with Crippen molar-refractivity contribution in [3.63, 3.8) is 0 Å². The molecule has 1 saturated heterocycles. The van der Waals surface area contributed by atoms with Crippen molar-refractivity contribution in [3.8, 4) is 0 Å². The Morgan fingerprint density at radius 3 is 1.97 bits per heavy atom. The van der Waals surface area contributed by atoms with Gasteiger partial charge in [0.05, 0.1) is 12.6 Å². The van der Waals surface area contributed by atoms with E-state index in [4.69, 9.17) is 9.47 Å². The van der Waals surface area contributed by atoms with Crippen LogP contribution in [0.2, 0.25) is 0 Å². The number of rotatable bonds is 21. The van der Waals surface area contributed by atoms with Crippen LogP contribution in [0.5, 0.6) is 0 Å². The van der Waals surface area contributed by atoms with Crippen LogP contribution in [0.1, 0.15) is 91.4 Å². The van der Waals surface area contributed by atoms with Gasteiger partial charge in [0, 0.05) is 0 Å². The third-order valence-electron chi connectivity index (χ3n) is 7.65. The Labute approximate surface area is 225 Å². The molecule has 0 saturated carbocycles. The molecule has 0 aromatic carbocycles. The van der Waals surface area contributed by atoms with E-state index in [0.29, 0.717) is 6.54 Å². The molecule has 8 nitrogen and oxygen atoms in total. The van der Waals surface area contributed by atoms with Gasteiger partial charge in [0.25, 0.3) is 0 Å². The second-order valence-electron chi connectivity index (χ2n) is 10.8. The number of nitrogens with one attached hydrogen (secondary N) is 1. The van der Waals surface area contributed by atoms with Gasteiger partial charge in [-0.15, -0.1) is 0 Å². The summed E-state index contributed by atoms with van der Waals surface area (Å²) < 4.78 is 10.6. The average Bonchev–Trinajstić information content (AvgIpc) is 3.16. The fraction of sp³-hybridized carbons (Fsp3) is 0.889. The van der Waals surface area contributed by atoms with Gasteiger partial charge in [-0.25, -0.2) is 0 Å². The van der Waals surface area contributed by atoms with Crippen molar-refractivity contribution in [1.29, 1.82) is 0 Å². The van der Waals surface area contributed by atoms with E-state index in [1.807, 2.05) is 0 Å². The summed E-state index contributed by atoms with van der Waals surface area (Å²) >= 11 is 0. The molecule has 0 aliphatic carbocycles. The van der Waals surface area contributed by atoms with Crippen LogP contribution in [-0.2, 0) is 23.9 Å². The predicted molar refractivity (Wildman–Crippen MR) is 154 cm³/mol. The normalized spacial score (nSPS) is 22.1. The molecule has 1 amide bonds. The number of ether oxygens (including phenoxy) is 2. The van der Waals surface area contributed by atoms with Gasteiger partial charge in [-0.05, 0) is 0 Å². The van der Waals surface area contributed by atoms with Crippen LogP contribution >= 0.6 is 7.26 Å². The Balaban J connectivity index is 2.33. The molecular weight excluding hydrogens is 492 g/mol. The molecule has 0 radical (unpaired) electrons. The van der Waals surface area contributed by atoms with Crippen molar-refractivity contribution in [1.82, 2.24) is 5.32 Å². The maximum Gasteiger partial charge on any atom is 0.112 e. The van der Waals surface area contributed by atoms with Crippen molar-refractivity contribution < 1.29 is 34.1 Å². The molecule has 1 heterocycles. The summed E-state index contributed by atoms with van der Waals surface area (Å²) in [7, 11) is 0.335. The van der Waals surface area contributed by atoms with E-state index < -0.39 is 37.5 Å². The summed E-state index contributed by atoms with van der Waals surface area (Å²) in [6, 6.07) is -0.544. The molecule has 0 aromatic heterocycles. The molecule has 1 aliphatic heterocycles. The Bertz CT molecular complexity index is 659. The third-order valence-corrected chi connectivity index (χ3v) is 13.3. The Morgan fingerprint density at radius 2 is 1.43 bits per heavy atom. The largest absolute Gasteiger partial charge is 0.387 e. The smallest absolute Gasteiger partial charge is 0.112 e. The van der Waals surface area contributed by atoms with Crippen molar-refractivity contribution in [2.75, 3.05) is 37.8 Å². The fourth-order valence-corrected chi connectivity index (χ4v) is 11.0. The summed E-state index contributed by atoms with van der Waals surface area (Å²) in [5.41, 5.74) is 0. The minimum Gasteiger partial charge on any atom is -0.387 e. The molecule has 37 heavy (non-hydrogen) atoms. The summed E-state index contributed by atoms with van der Waals surface area (Å²) in [6.07, 6.45) is 11.5. The Hall–Kier alpha value is -1.02. The van der Waals surface area contributed by atoms with Gasteiger partial charge in [-0.2, -0.15) is 0 Å². The standard InChI is InChI=1S/C27H53BNO7P/c1-4-7-16-37(17-8-5-2,18-9-6-3)19-10-15-29-23(32)13-11-21(31)12-14-24(33)36-26-22(20-30)35-27(28)25(26)34/h22,25-27,30,34,37H,4-20,28H2,1-3H3,(H,29,32)/t22-,25+,26?,27-/m1/s1. The van der Waals surface area contributed by atoms with Gasteiger partial charge in [0.2, 0.25) is 0 Å². The number of unbranched alkanes of at least 4 members (excludes halogenated alkanes) is 3. The molecule has 10 heteroatoms. The van der Waals surface area contributed by atoms with Gasteiger partial charge in [0.1, 0.15) is 20.1 Å². The van der Waals surface area contributed by atoms with Gasteiger partial charge >= 0.3 is 172 Å². The van der Waals surface area contributed by atoms with E-state index >= 15 is 0 Å². The number of ketones is 1. The molecular formula is C27H53BNO7P. The molecule has 0 aromatic rings. The van der Waals surface area contributed by atoms with Crippen molar-refractivity contribution in [2.45, 2.75) is 116 Å². The molecule has 0 bridgehead atoms. The zero-order valence-electron chi connectivity index (χ0n) is 23.8. The molecule has 0 spiro atoms. The van der Waals surface area contributed by atoms with Gasteiger partial charge < -0.3 is 14.9 Å². The minimum absolute atomic E-state index is 0.0183. The van der Waals surface area contributed by atoms with E-state index in [9.17, 15) is 24.6 Å². The topological polar surface area (TPSA) is 122 Å². The minimum atomic E-state index is -1.30. The Kier molecular flexibility index (Phi) is 17.6. The van der Waals surface area contributed by atoms with E-state index in [1.54, 1.807) is 7.85 Å². The predicted octanol–water partition coefficient (Wildman–Crippen LogP) is 2.40. The summed E-state index contributed by atoms with van der Waals surface area (Å²) in [4.78, 5) is 36.6. The van der Waals surface area contributed by atoms with Gasteiger partial charge in [-0.1, -0.05) is 0 Å². The number of Topliss-reactive ketones (excluding diaryl/α,β-unsaturated/α-hetero) is 1. The van der Waals surface area contributed by atoms with Crippen molar-refractivity contribution in [2.24, 2.45) is 0 Å². The number of esters is 1. The number of aliphatic hydroxyl groups is 2. The molecule has 1 unspecified atom stereocenters. The van der Waals surface area contributed by atoms with Crippen molar-refractivity contribution >= 4 is 32.8 Å². The van der Waals surface area contributed by atoms with Gasteiger partial charge in [0.15, 0.2) is 6.10 Å². The van der Waals surface area contributed by atoms with E-state index in [-0.39, 0.29) is 44.0 Å². The number of aliphatic hydroxyl groups excluding tert-OH is 2.